The number of anilines is 1. The van der Waals surface area contributed by atoms with Crippen LogP contribution in [-0.2, 0) is 0 Å². The summed E-state index contributed by atoms with van der Waals surface area (Å²) < 4.78 is 0. The molecule has 2 rings (SSSR count). The van der Waals surface area contributed by atoms with Gasteiger partial charge in [0.05, 0.1) is 5.56 Å². The number of nitrogens with two attached hydrogens (primary N) is 1. The van der Waals surface area contributed by atoms with Crippen LogP contribution >= 0.6 is 0 Å². The lowest BCUT2D eigenvalue weighted by Crippen LogP contribution is -2.37. The lowest BCUT2D eigenvalue weighted by Gasteiger charge is -2.33. The van der Waals surface area contributed by atoms with Gasteiger partial charge in [-0.05, 0) is 42.9 Å². The quantitative estimate of drug-likeness (QED) is 0.819. The van der Waals surface area contributed by atoms with Gasteiger partial charge >= 0.3 is 0 Å². The van der Waals surface area contributed by atoms with Gasteiger partial charge in [-0.25, -0.2) is 0 Å². The third-order valence-corrected chi connectivity index (χ3v) is 4.19. The van der Waals surface area contributed by atoms with Gasteiger partial charge in [-0.2, -0.15) is 0 Å². The van der Waals surface area contributed by atoms with Crippen molar-refractivity contribution in [2.24, 2.45) is 5.41 Å². The van der Waals surface area contributed by atoms with E-state index in [1.165, 1.54) is 32.1 Å². The number of benzene rings is 1. The summed E-state index contributed by atoms with van der Waals surface area (Å²) in [6, 6.07) is 5.58. The van der Waals surface area contributed by atoms with Crippen LogP contribution in [0.25, 0.3) is 0 Å². The summed E-state index contributed by atoms with van der Waals surface area (Å²) in [6.45, 7) is 4.99. The average Bonchev–Trinajstić information content (AvgIpc) is 2.37. The molecule has 1 saturated carbocycles. The molecule has 1 aromatic carbocycles. The summed E-state index contributed by atoms with van der Waals surface area (Å²) in [7, 11) is 0. The normalized spacial score (nSPS) is 18.0. The van der Waals surface area contributed by atoms with E-state index in [1.807, 2.05) is 25.1 Å². The Bertz CT molecular complexity index is 462. The van der Waals surface area contributed by atoms with Gasteiger partial charge < -0.3 is 11.1 Å². The molecule has 3 nitrogen and oxygen atoms in total. The second-order valence-electron chi connectivity index (χ2n) is 6.14. The zero-order valence-electron chi connectivity index (χ0n) is 12.0. The maximum absolute atomic E-state index is 12.2. The van der Waals surface area contributed by atoms with Gasteiger partial charge in [0, 0.05) is 12.2 Å². The number of carbonyl (C=O) groups is 1. The fourth-order valence-electron chi connectivity index (χ4n) is 2.86. The molecule has 0 unspecified atom stereocenters. The number of amides is 1. The Morgan fingerprint density at radius 1 is 1.32 bits per heavy atom. The lowest BCUT2D eigenvalue weighted by atomic mass is 9.76. The summed E-state index contributed by atoms with van der Waals surface area (Å²) in [5, 5.41) is 3.05. The summed E-state index contributed by atoms with van der Waals surface area (Å²) in [5.74, 6) is -0.0516. The molecule has 0 spiro atoms. The van der Waals surface area contributed by atoms with Crippen molar-refractivity contribution in [2.45, 2.75) is 46.0 Å². The predicted octanol–water partition coefficient (Wildman–Crippen LogP) is 3.28. The highest BCUT2D eigenvalue weighted by molar-refractivity contribution is 5.99. The predicted molar refractivity (Wildman–Crippen MR) is 79.1 cm³/mol. The van der Waals surface area contributed by atoms with E-state index in [0.717, 1.165) is 12.1 Å². The van der Waals surface area contributed by atoms with Crippen LogP contribution in [0.4, 0.5) is 5.69 Å². The molecule has 1 aromatic rings. The molecule has 0 atom stereocenters. The van der Waals surface area contributed by atoms with E-state index in [2.05, 4.69) is 12.2 Å². The van der Waals surface area contributed by atoms with E-state index in [-0.39, 0.29) is 11.3 Å². The molecule has 0 heterocycles. The van der Waals surface area contributed by atoms with Crippen LogP contribution in [0.5, 0.6) is 0 Å². The van der Waals surface area contributed by atoms with Crippen molar-refractivity contribution in [3.8, 4) is 0 Å². The van der Waals surface area contributed by atoms with E-state index in [1.54, 1.807) is 0 Å². The first kappa shape index (κ1) is 13.9. The van der Waals surface area contributed by atoms with Crippen molar-refractivity contribution in [3.05, 3.63) is 29.3 Å². The van der Waals surface area contributed by atoms with Crippen LogP contribution in [-0.4, -0.2) is 12.5 Å². The Hall–Kier alpha value is -1.51. The molecule has 104 valence electrons. The highest BCUT2D eigenvalue weighted by atomic mass is 16.1. The Balaban J connectivity index is 1.97. The molecule has 3 N–H and O–H groups in total. The smallest absolute Gasteiger partial charge is 0.253 e. The van der Waals surface area contributed by atoms with Crippen molar-refractivity contribution in [2.75, 3.05) is 12.3 Å². The summed E-state index contributed by atoms with van der Waals surface area (Å²) in [4.78, 5) is 12.2. The zero-order chi connectivity index (χ0) is 13.9. The number of aryl methyl sites for hydroxylation is 1. The largest absolute Gasteiger partial charge is 0.398 e. The average molecular weight is 260 g/mol. The minimum atomic E-state index is -0.0516. The Kier molecular flexibility index (Phi) is 4.13. The van der Waals surface area contributed by atoms with Crippen molar-refractivity contribution in [3.63, 3.8) is 0 Å². The number of carbonyl (C=O) groups excluding carboxylic acids is 1. The number of rotatable bonds is 3. The summed E-state index contributed by atoms with van der Waals surface area (Å²) in [5.41, 5.74) is 8.39. The Morgan fingerprint density at radius 2 is 2.00 bits per heavy atom. The molecule has 1 aliphatic carbocycles. The molecule has 19 heavy (non-hydrogen) atoms. The van der Waals surface area contributed by atoms with E-state index in [4.69, 9.17) is 5.73 Å². The summed E-state index contributed by atoms with van der Waals surface area (Å²) in [6.07, 6.45) is 6.29. The van der Waals surface area contributed by atoms with E-state index in [9.17, 15) is 4.79 Å². The third kappa shape index (κ3) is 3.49. The van der Waals surface area contributed by atoms with E-state index < -0.39 is 0 Å². The maximum atomic E-state index is 12.2. The van der Waals surface area contributed by atoms with Gasteiger partial charge in [0.15, 0.2) is 0 Å². The standard InChI is InChI=1S/C16H24N2O/c1-12-6-7-13(14(17)10-12)15(19)18-11-16(2)8-4-3-5-9-16/h6-7,10H,3-5,8-9,11,17H2,1-2H3,(H,18,19). The SMILES string of the molecule is Cc1ccc(C(=O)NCC2(C)CCCCC2)c(N)c1. The van der Waals surface area contributed by atoms with Crippen molar-refractivity contribution in [1.29, 1.82) is 0 Å². The zero-order valence-corrected chi connectivity index (χ0v) is 12.0. The molecular weight excluding hydrogens is 236 g/mol. The monoisotopic (exact) mass is 260 g/mol. The first-order chi connectivity index (χ1) is 9.00. The van der Waals surface area contributed by atoms with Crippen LogP contribution < -0.4 is 11.1 Å². The third-order valence-electron chi connectivity index (χ3n) is 4.19. The van der Waals surface area contributed by atoms with Crippen molar-refractivity contribution < 1.29 is 4.79 Å². The molecule has 0 bridgehead atoms. The molecule has 0 aromatic heterocycles. The van der Waals surface area contributed by atoms with E-state index >= 15 is 0 Å². The van der Waals surface area contributed by atoms with Crippen molar-refractivity contribution in [1.82, 2.24) is 5.32 Å². The van der Waals surface area contributed by atoms with Gasteiger partial charge in [0.25, 0.3) is 5.91 Å². The van der Waals surface area contributed by atoms with Crippen LogP contribution in [0.1, 0.15) is 54.9 Å². The van der Waals surface area contributed by atoms with Gasteiger partial charge in [0.1, 0.15) is 0 Å². The van der Waals surface area contributed by atoms with Crippen LogP contribution in [0, 0.1) is 12.3 Å². The molecule has 1 amide bonds. The first-order valence-electron chi connectivity index (χ1n) is 7.15. The molecule has 0 saturated heterocycles. The molecular formula is C16H24N2O. The second kappa shape index (κ2) is 5.64. The van der Waals surface area contributed by atoms with Gasteiger partial charge in [-0.3, -0.25) is 4.79 Å². The van der Waals surface area contributed by atoms with E-state index in [0.29, 0.717) is 11.3 Å². The van der Waals surface area contributed by atoms with Gasteiger partial charge in [-0.15, -0.1) is 0 Å². The molecule has 1 fully saturated rings. The molecule has 1 aliphatic rings. The Morgan fingerprint density at radius 3 is 2.63 bits per heavy atom. The number of nitrogen functional groups attached to an aromatic ring is 1. The minimum absolute atomic E-state index is 0.0516. The molecule has 0 aliphatic heterocycles. The number of hydrogen-bond acceptors (Lipinski definition) is 2. The Labute approximate surface area is 115 Å². The second-order valence-corrected chi connectivity index (χ2v) is 6.14. The highest BCUT2D eigenvalue weighted by Crippen LogP contribution is 2.35. The number of nitrogens with one attached hydrogen (secondary N) is 1. The maximum Gasteiger partial charge on any atom is 0.253 e. The van der Waals surface area contributed by atoms with Gasteiger partial charge in [-0.1, -0.05) is 32.3 Å². The minimum Gasteiger partial charge on any atom is -0.398 e. The fourth-order valence-corrected chi connectivity index (χ4v) is 2.86. The van der Waals surface area contributed by atoms with Crippen LogP contribution in [0.15, 0.2) is 18.2 Å². The molecule has 3 heteroatoms. The number of hydrogen-bond donors (Lipinski definition) is 2. The first-order valence-corrected chi connectivity index (χ1v) is 7.15. The van der Waals surface area contributed by atoms with Crippen LogP contribution in [0.3, 0.4) is 0 Å². The molecule has 0 radical (unpaired) electrons. The van der Waals surface area contributed by atoms with Crippen LogP contribution in [0.2, 0.25) is 0 Å². The topological polar surface area (TPSA) is 55.1 Å². The summed E-state index contributed by atoms with van der Waals surface area (Å²) >= 11 is 0. The van der Waals surface area contributed by atoms with Gasteiger partial charge in [0.2, 0.25) is 0 Å². The highest BCUT2D eigenvalue weighted by Gasteiger charge is 2.27. The lowest BCUT2D eigenvalue weighted by molar-refractivity contribution is 0.0920. The fraction of sp³-hybridized carbons (Fsp3) is 0.562. The van der Waals surface area contributed by atoms with Crippen molar-refractivity contribution >= 4 is 11.6 Å².